The molecule has 0 aromatic rings. The van der Waals surface area contributed by atoms with Crippen LogP contribution in [-0.4, -0.2) is 107 Å². The Bertz CT molecular complexity index is 1200. The minimum Gasteiger partial charge on any atom is -0.463 e. The van der Waals surface area contributed by atoms with Gasteiger partial charge in [-0.2, -0.15) is 0 Å². The Hall–Kier alpha value is -2.95. The number of esters is 4. The van der Waals surface area contributed by atoms with Crippen LogP contribution in [-0.2, 0) is 61.9 Å². The monoisotopic (exact) mass is 816 g/mol. The summed E-state index contributed by atoms with van der Waals surface area (Å²) in [6, 6.07) is 0. The molecule has 11 atom stereocenters. The second-order valence-corrected chi connectivity index (χ2v) is 15.3. The first-order chi connectivity index (χ1) is 26.8. The van der Waals surface area contributed by atoms with E-state index in [1.165, 1.54) is 20.8 Å². The van der Waals surface area contributed by atoms with Crippen LogP contribution in [0.15, 0.2) is 12.3 Å². The van der Waals surface area contributed by atoms with Gasteiger partial charge in [0.1, 0.15) is 42.7 Å². The van der Waals surface area contributed by atoms with Gasteiger partial charge in [-0.25, -0.2) is 0 Å². The lowest BCUT2D eigenvalue weighted by Gasteiger charge is -2.37. The summed E-state index contributed by atoms with van der Waals surface area (Å²) in [6.07, 6.45) is 5.81. The van der Waals surface area contributed by atoms with Crippen molar-refractivity contribution in [1.82, 2.24) is 0 Å². The lowest BCUT2D eigenvalue weighted by molar-refractivity contribution is -0.250. The minimum absolute atomic E-state index is 0.0137. The first kappa shape index (κ1) is 52.1. The molecular weight excluding hydrogens is 744 g/mol. The Kier molecular flexibility index (Phi) is 26.0. The van der Waals surface area contributed by atoms with Crippen molar-refractivity contribution in [3.8, 4) is 0 Å². The summed E-state index contributed by atoms with van der Waals surface area (Å²) in [5.74, 6) is -1.20. The number of cyclic esters (lactones) is 1. The highest BCUT2D eigenvalue weighted by Crippen LogP contribution is 2.29. The lowest BCUT2D eigenvalue weighted by atomic mass is 9.97. The predicted octanol–water partition coefficient (Wildman–Crippen LogP) is 6.31. The van der Waals surface area contributed by atoms with Crippen molar-refractivity contribution >= 4 is 29.7 Å². The van der Waals surface area contributed by atoms with Gasteiger partial charge in [0.25, 0.3) is 0 Å². The molecule has 57 heavy (non-hydrogen) atoms. The van der Waals surface area contributed by atoms with E-state index < -0.39 is 36.4 Å². The van der Waals surface area contributed by atoms with E-state index in [-0.39, 0.29) is 80.1 Å². The maximum Gasteiger partial charge on any atom is 0.318 e. The number of ketones is 1. The van der Waals surface area contributed by atoms with E-state index in [1.807, 2.05) is 0 Å². The molecule has 15 heteroatoms. The van der Waals surface area contributed by atoms with Crippen LogP contribution < -0.4 is 0 Å². The number of carbonyl (C=O) groups excluding carboxylic acids is 5. The zero-order chi connectivity index (χ0) is 43.1. The smallest absolute Gasteiger partial charge is 0.318 e. The number of aliphatic hydroxyl groups excluding tert-OH is 2. The molecule has 2 N–H and O–H groups in total. The molecule has 0 aromatic carbocycles. The Morgan fingerprint density at radius 2 is 1.14 bits per heavy atom. The summed E-state index contributed by atoms with van der Waals surface area (Å²) in [5, 5.41) is 20.6. The number of aliphatic hydroxyl groups is 2. The van der Waals surface area contributed by atoms with Gasteiger partial charge in [0.05, 0.1) is 36.6 Å². The molecule has 0 amide bonds. The maximum atomic E-state index is 12.1. The number of ether oxygens (including phenoxy) is 8. The van der Waals surface area contributed by atoms with E-state index in [1.54, 1.807) is 13.8 Å². The molecule has 11 unspecified atom stereocenters. The van der Waals surface area contributed by atoms with Gasteiger partial charge in [0, 0.05) is 52.4 Å². The summed E-state index contributed by atoms with van der Waals surface area (Å²) >= 11 is 0. The van der Waals surface area contributed by atoms with Crippen molar-refractivity contribution < 1.29 is 72.1 Å². The summed E-state index contributed by atoms with van der Waals surface area (Å²) in [5.41, 5.74) is 0. The highest BCUT2D eigenvalue weighted by molar-refractivity contribution is 5.94. The number of rotatable bonds is 21. The Morgan fingerprint density at radius 3 is 1.51 bits per heavy atom. The largest absolute Gasteiger partial charge is 0.463 e. The molecule has 0 radical (unpaired) electrons. The first-order valence-corrected chi connectivity index (χ1v) is 20.7. The number of Topliss-reactive ketones (excluding diaryl/α,β-unsaturated/α-hetero) is 1. The third kappa shape index (κ3) is 24.5. The van der Waals surface area contributed by atoms with Crippen LogP contribution in [0.1, 0.15) is 159 Å². The Morgan fingerprint density at radius 1 is 0.702 bits per heavy atom. The van der Waals surface area contributed by atoms with Crippen molar-refractivity contribution in [3.05, 3.63) is 12.3 Å². The molecule has 15 nitrogen and oxygen atoms in total. The van der Waals surface area contributed by atoms with Crippen molar-refractivity contribution in [2.75, 3.05) is 0 Å². The third-order valence-electron chi connectivity index (χ3n) is 9.22. The zero-order valence-electron chi connectivity index (χ0n) is 35.9. The fourth-order valence-electron chi connectivity index (χ4n) is 6.76. The average Bonchev–Trinajstić information content (AvgIpc) is 3.07. The fourth-order valence-corrected chi connectivity index (χ4v) is 6.76. The molecule has 3 aliphatic rings. The second-order valence-electron chi connectivity index (χ2n) is 15.3. The van der Waals surface area contributed by atoms with Crippen LogP contribution in [0.25, 0.3) is 0 Å². The van der Waals surface area contributed by atoms with Crippen LogP contribution in [0.5, 0.6) is 0 Å². The van der Waals surface area contributed by atoms with Crippen LogP contribution in [0.2, 0.25) is 0 Å². The van der Waals surface area contributed by atoms with E-state index >= 15 is 0 Å². The number of carbonyl (C=O) groups is 5. The van der Waals surface area contributed by atoms with E-state index in [9.17, 15) is 34.2 Å². The van der Waals surface area contributed by atoms with Crippen LogP contribution in [0.4, 0.5) is 0 Å². The molecule has 0 bridgehead atoms. The van der Waals surface area contributed by atoms with Gasteiger partial charge >= 0.3 is 23.9 Å². The second kappa shape index (κ2) is 28.5. The van der Waals surface area contributed by atoms with E-state index in [4.69, 9.17) is 33.2 Å². The van der Waals surface area contributed by atoms with Crippen molar-refractivity contribution in [3.63, 3.8) is 0 Å². The van der Waals surface area contributed by atoms with Gasteiger partial charge in [0.2, 0.25) is 0 Å². The average molecular weight is 817 g/mol. The fraction of sp³-hybridized carbons (Fsp3) is 0.833. The van der Waals surface area contributed by atoms with Crippen LogP contribution in [0, 0.1) is 0 Å². The third-order valence-corrected chi connectivity index (χ3v) is 9.22. The quantitative estimate of drug-likeness (QED) is 0.0742. The Balaban J connectivity index is 0.000000516. The van der Waals surface area contributed by atoms with Gasteiger partial charge in [-0.3, -0.25) is 24.0 Å². The molecule has 0 aromatic heterocycles. The zero-order valence-corrected chi connectivity index (χ0v) is 35.9. The van der Waals surface area contributed by atoms with E-state index in [2.05, 4.69) is 39.0 Å². The topological polar surface area (TPSA) is 200 Å². The highest BCUT2D eigenvalue weighted by atomic mass is 16.7. The van der Waals surface area contributed by atoms with Crippen LogP contribution >= 0.6 is 0 Å². The normalized spacial score (nSPS) is 25.6. The van der Waals surface area contributed by atoms with Gasteiger partial charge in [-0.15, -0.1) is 0 Å². The molecule has 3 rings (SSSR count). The van der Waals surface area contributed by atoms with Gasteiger partial charge in [-0.05, 0) is 52.9 Å². The van der Waals surface area contributed by atoms with Crippen LogP contribution in [0.3, 0.4) is 0 Å². The van der Waals surface area contributed by atoms with Crippen molar-refractivity contribution in [1.29, 1.82) is 0 Å². The minimum atomic E-state index is -0.831. The van der Waals surface area contributed by atoms with E-state index in [0.29, 0.717) is 37.9 Å². The Labute approximate surface area is 339 Å². The molecule has 3 heterocycles. The summed E-state index contributed by atoms with van der Waals surface area (Å²) < 4.78 is 43.6. The van der Waals surface area contributed by atoms with Crippen molar-refractivity contribution in [2.24, 2.45) is 0 Å². The van der Waals surface area contributed by atoms with Gasteiger partial charge < -0.3 is 48.1 Å². The number of hydrogen-bond donors (Lipinski definition) is 2. The van der Waals surface area contributed by atoms with Gasteiger partial charge in [-0.1, -0.05) is 47.1 Å². The molecule has 0 spiro atoms. The molecule has 3 saturated heterocycles. The summed E-state index contributed by atoms with van der Waals surface area (Å²) in [7, 11) is 0. The molecule has 3 aliphatic heterocycles. The predicted molar refractivity (Wildman–Crippen MR) is 209 cm³/mol. The molecule has 0 saturated carbocycles. The SMILES string of the molecule is C=C1CC(=O)O1.CCCC1OC(CC)CC(CC(CC(O)CC(C)OC(C)=O)OC(=O)CC(C)=O)O1.CCCC1OC(CC)CC(CC(O)CC(C)OC(C)=O)O1. The lowest BCUT2D eigenvalue weighted by Crippen LogP contribution is -2.40. The summed E-state index contributed by atoms with van der Waals surface area (Å²) in [4.78, 5) is 55.1. The molecule has 330 valence electrons. The molecule has 0 aliphatic carbocycles. The first-order valence-electron chi connectivity index (χ1n) is 20.7. The summed E-state index contributed by atoms with van der Waals surface area (Å²) in [6.45, 7) is 19.2. The maximum absolute atomic E-state index is 12.1. The van der Waals surface area contributed by atoms with E-state index in [0.717, 1.165) is 44.9 Å². The standard InChI is InChI=1S/C22H38O8.C16H30O5.C4H4O2/c1-6-8-22-29-18(7-2)12-20(30-22)13-19(28-21(26)9-14(3)23)11-17(25)10-15(4)27-16(5)24;1-5-7-16-20-14(6-2)10-15(21-16)9-13(18)8-11(3)19-12(4)17;1-3-2-4(5)6-3/h15,17-20,22,25H,6-13H2,1-5H3;11,13-16,18H,5-10H2,1-4H3;1-2H2. The molecular formula is C42H72O15. The van der Waals surface area contributed by atoms with Gasteiger partial charge in [0.15, 0.2) is 12.6 Å². The number of hydrogen-bond acceptors (Lipinski definition) is 15. The molecule has 3 fully saturated rings. The van der Waals surface area contributed by atoms with Crippen molar-refractivity contribution in [2.45, 2.75) is 226 Å². The highest BCUT2D eigenvalue weighted by Gasteiger charge is 2.33.